The average molecular weight is 269 g/mol. The Morgan fingerprint density at radius 2 is 2.06 bits per heavy atom. The largest absolute Gasteiger partial charge is 0.371 e. The van der Waals surface area contributed by atoms with Crippen molar-refractivity contribution >= 4 is 9.84 Å². The fourth-order valence-corrected chi connectivity index (χ4v) is 2.66. The van der Waals surface area contributed by atoms with Crippen molar-refractivity contribution in [2.75, 3.05) is 38.2 Å². The molecule has 1 heterocycles. The third-order valence-corrected chi connectivity index (χ3v) is 4.02. The van der Waals surface area contributed by atoms with E-state index in [1.54, 1.807) is 0 Å². The van der Waals surface area contributed by atoms with Crippen molar-refractivity contribution in [2.45, 2.75) is 6.10 Å². The van der Waals surface area contributed by atoms with Gasteiger partial charge in [-0.3, -0.25) is 4.90 Å². The lowest BCUT2D eigenvalue weighted by Gasteiger charge is -2.32. The van der Waals surface area contributed by atoms with E-state index in [4.69, 9.17) is 4.74 Å². The Kier molecular flexibility index (Phi) is 4.37. The molecule has 1 unspecified atom stereocenters. The van der Waals surface area contributed by atoms with Gasteiger partial charge in [0.1, 0.15) is 9.84 Å². The number of sulfone groups is 1. The van der Waals surface area contributed by atoms with Gasteiger partial charge in [0, 0.05) is 25.9 Å². The van der Waals surface area contributed by atoms with E-state index in [0.29, 0.717) is 13.2 Å². The number of rotatable bonds is 4. The second-order valence-corrected chi connectivity index (χ2v) is 6.96. The Labute approximate surface area is 108 Å². The summed E-state index contributed by atoms with van der Waals surface area (Å²) in [6, 6.07) is 10.1. The first-order chi connectivity index (χ1) is 8.54. The lowest BCUT2D eigenvalue weighted by Crippen LogP contribution is -2.40. The van der Waals surface area contributed by atoms with E-state index in [0.717, 1.165) is 18.7 Å². The highest BCUT2D eigenvalue weighted by Crippen LogP contribution is 2.21. The maximum absolute atomic E-state index is 11.2. The van der Waals surface area contributed by atoms with Crippen LogP contribution >= 0.6 is 0 Å². The highest BCUT2D eigenvalue weighted by atomic mass is 32.2. The first-order valence-corrected chi connectivity index (χ1v) is 8.17. The maximum Gasteiger partial charge on any atom is 0.148 e. The highest BCUT2D eigenvalue weighted by Gasteiger charge is 2.22. The molecular weight excluding hydrogens is 250 g/mol. The Hall–Kier alpha value is -0.910. The zero-order chi connectivity index (χ0) is 13.0. The van der Waals surface area contributed by atoms with Gasteiger partial charge in [0.2, 0.25) is 0 Å². The van der Waals surface area contributed by atoms with Crippen LogP contribution in [0.1, 0.15) is 11.7 Å². The molecule has 1 saturated heterocycles. The van der Waals surface area contributed by atoms with Crippen LogP contribution in [0.25, 0.3) is 0 Å². The van der Waals surface area contributed by atoms with Gasteiger partial charge in [-0.15, -0.1) is 0 Å². The molecule has 1 aliphatic rings. The number of morpholine rings is 1. The molecule has 0 amide bonds. The van der Waals surface area contributed by atoms with Crippen LogP contribution in [0.3, 0.4) is 0 Å². The lowest BCUT2D eigenvalue weighted by atomic mass is 10.1. The van der Waals surface area contributed by atoms with Gasteiger partial charge in [-0.25, -0.2) is 8.42 Å². The van der Waals surface area contributed by atoms with Crippen LogP contribution in [0.5, 0.6) is 0 Å². The van der Waals surface area contributed by atoms with Gasteiger partial charge in [0.05, 0.1) is 18.5 Å². The molecule has 1 aliphatic heterocycles. The molecule has 0 aliphatic carbocycles. The lowest BCUT2D eigenvalue weighted by molar-refractivity contribution is -0.0279. The van der Waals surface area contributed by atoms with Crippen LogP contribution in [0.15, 0.2) is 30.3 Å². The zero-order valence-corrected chi connectivity index (χ0v) is 11.4. The Balaban J connectivity index is 1.93. The predicted octanol–water partition coefficient (Wildman–Crippen LogP) is 1.10. The summed E-state index contributed by atoms with van der Waals surface area (Å²) >= 11 is 0. The van der Waals surface area contributed by atoms with Crippen molar-refractivity contribution in [1.82, 2.24) is 4.90 Å². The number of hydrogen-bond donors (Lipinski definition) is 0. The van der Waals surface area contributed by atoms with Gasteiger partial charge in [0.15, 0.2) is 0 Å². The first kappa shape index (κ1) is 13.5. The van der Waals surface area contributed by atoms with Crippen molar-refractivity contribution < 1.29 is 13.2 Å². The molecule has 0 saturated carbocycles. The Morgan fingerprint density at radius 3 is 2.72 bits per heavy atom. The fourth-order valence-electron chi connectivity index (χ4n) is 2.07. The van der Waals surface area contributed by atoms with Crippen LogP contribution < -0.4 is 0 Å². The summed E-state index contributed by atoms with van der Waals surface area (Å²) in [6.07, 6.45) is 1.33. The third kappa shape index (κ3) is 4.08. The van der Waals surface area contributed by atoms with Gasteiger partial charge < -0.3 is 4.74 Å². The number of ether oxygens (including phenoxy) is 1. The molecule has 0 aromatic heterocycles. The molecule has 2 rings (SSSR count). The topological polar surface area (TPSA) is 46.6 Å². The van der Waals surface area contributed by atoms with Crippen LogP contribution in [0, 0.1) is 0 Å². The van der Waals surface area contributed by atoms with Gasteiger partial charge in [0.25, 0.3) is 0 Å². The Morgan fingerprint density at radius 1 is 1.33 bits per heavy atom. The summed E-state index contributed by atoms with van der Waals surface area (Å²) < 4.78 is 28.1. The summed E-state index contributed by atoms with van der Waals surface area (Å²) in [5, 5.41) is 0. The summed E-state index contributed by atoms with van der Waals surface area (Å²) in [4.78, 5) is 2.15. The molecule has 0 radical (unpaired) electrons. The number of benzene rings is 1. The molecule has 1 fully saturated rings. The summed E-state index contributed by atoms with van der Waals surface area (Å²) in [5.74, 6) is 0.217. The molecule has 1 aromatic carbocycles. The highest BCUT2D eigenvalue weighted by molar-refractivity contribution is 7.90. The summed E-state index contributed by atoms with van der Waals surface area (Å²) in [6.45, 7) is 2.81. The van der Waals surface area contributed by atoms with Gasteiger partial charge in [-0.1, -0.05) is 30.3 Å². The van der Waals surface area contributed by atoms with Gasteiger partial charge in [-0.2, -0.15) is 0 Å². The van der Waals surface area contributed by atoms with Crippen LogP contribution in [0.2, 0.25) is 0 Å². The SMILES string of the molecule is CS(=O)(=O)CCN1CCOC(c2ccccc2)C1. The van der Waals surface area contributed by atoms with Crippen LogP contribution in [-0.2, 0) is 14.6 Å². The molecular formula is C13H19NO3S. The van der Waals surface area contributed by atoms with Crippen molar-refractivity contribution in [2.24, 2.45) is 0 Å². The Bertz CT molecular complexity index is 472. The number of nitrogens with zero attached hydrogens (tertiary/aromatic N) is 1. The predicted molar refractivity (Wildman–Crippen MR) is 71.3 cm³/mol. The van der Waals surface area contributed by atoms with Crippen molar-refractivity contribution in [3.63, 3.8) is 0 Å². The quantitative estimate of drug-likeness (QED) is 0.821. The molecule has 18 heavy (non-hydrogen) atoms. The molecule has 5 heteroatoms. The van der Waals surface area contributed by atoms with Gasteiger partial charge in [-0.05, 0) is 5.56 Å². The van der Waals surface area contributed by atoms with Crippen molar-refractivity contribution in [3.05, 3.63) is 35.9 Å². The van der Waals surface area contributed by atoms with E-state index in [9.17, 15) is 8.42 Å². The molecule has 0 spiro atoms. The fraction of sp³-hybridized carbons (Fsp3) is 0.538. The third-order valence-electron chi connectivity index (χ3n) is 3.10. The average Bonchev–Trinajstić information content (AvgIpc) is 2.37. The maximum atomic E-state index is 11.2. The molecule has 1 atom stereocenters. The van der Waals surface area contributed by atoms with E-state index in [2.05, 4.69) is 4.90 Å². The zero-order valence-electron chi connectivity index (χ0n) is 10.6. The van der Waals surface area contributed by atoms with E-state index >= 15 is 0 Å². The molecule has 0 bridgehead atoms. The van der Waals surface area contributed by atoms with E-state index in [1.807, 2.05) is 30.3 Å². The summed E-state index contributed by atoms with van der Waals surface area (Å²) in [7, 11) is -2.89. The van der Waals surface area contributed by atoms with Crippen LogP contribution in [0.4, 0.5) is 0 Å². The van der Waals surface area contributed by atoms with E-state index in [1.165, 1.54) is 6.26 Å². The second-order valence-electron chi connectivity index (χ2n) is 4.70. The second kappa shape index (κ2) is 5.82. The smallest absolute Gasteiger partial charge is 0.148 e. The minimum atomic E-state index is -2.89. The standard InChI is InChI=1S/C13H19NO3S/c1-18(15,16)10-8-14-7-9-17-13(11-14)12-5-3-2-4-6-12/h2-6,13H,7-11H2,1H3. The van der Waals surface area contributed by atoms with Gasteiger partial charge >= 0.3 is 0 Å². The monoisotopic (exact) mass is 269 g/mol. The number of hydrogen-bond acceptors (Lipinski definition) is 4. The van der Waals surface area contributed by atoms with Crippen LogP contribution in [-0.4, -0.2) is 51.6 Å². The van der Waals surface area contributed by atoms with Crippen molar-refractivity contribution in [1.29, 1.82) is 0 Å². The first-order valence-electron chi connectivity index (χ1n) is 6.11. The van der Waals surface area contributed by atoms with E-state index < -0.39 is 9.84 Å². The summed E-state index contributed by atoms with van der Waals surface area (Å²) in [5.41, 5.74) is 1.15. The van der Waals surface area contributed by atoms with E-state index in [-0.39, 0.29) is 11.9 Å². The molecule has 1 aromatic rings. The minimum Gasteiger partial charge on any atom is -0.371 e. The minimum absolute atomic E-state index is 0.0551. The molecule has 0 N–H and O–H groups in total. The molecule has 4 nitrogen and oxygen atoms in total. The van der Waals surface area contributed by atoms with Crippen molar-refractivity contribution in [3.8, 4) is 0 Å². The normalized spacial score (nSPS) is 21.9. The molecule has 100 valence electrons.